The minimum atomic E-state index is -0.415. The number of piperidine rings is 1. The Hall–Kier alpha value is -1.08. The highest BCUT2D eigenvalue weighted by Crippen LogP contribution is 2.31. The average Bonchev–Trinajstić information content (AvgIpc) is 3.04. The molecule has 0 atom stereocenters. The van der Waals surface area contributed by atoms with Crippen molar-refractivity contribution in [3.63, 3.8) is 0 Å². The van der Waals surface area contributed by atoms with E-state index in [0.717, 1.165) is 32.5 Å². The molecular formula is C18H26N2O3S. The number of carbonyl (C=O) groups excluding carboxylic acids is 1. The van der Waals surface area contributed by atoms with Gasteiger partial charge in [0.1, 0.15) is 0 Å². The first-order valence-corrected chi connectivity index (χ1v) is 9.70. The molecule has 2 saturated heterocycles. The van der Waals surface area contributed by atoms with Crippen LogP contribution in [0.25, 0.3) is 0 Å². The van der Waals surface area contributed by atoms with Crippen LogP contribution in [0, 0.1) is 0 Å². The molecule has 1 amide bonds. The Morgan fingerprint density at radius 3 is 2.42 bits per heavy atom. The van der Waals surface area contributed by atoms with Gasteiger partial charge in [0.15, 0.2) is 5.79 Å². The van der Waals surface area contributed by atoms with Crippen molar-refractivity contribution in [1.29, 1.82) is 0 Å². The number of likely N-dealkylation sites (N-methyl/N-ethyl adjacent to an activating group) is 1. The summed E-state index contributed by atoms with van der Waals surface area (Å²) in [7, 11) is 2.00. The molecule has 1 aromatic carbocycles. The first-order valence-electron chi connectivity index (χ1n) is 8.47. The molecule has 1 aromatic rings. The lowest BCUT2D eigenvalue weighted by Crippen LogP contribution is -2.49. The van der Waals surface area contributed by atoms with Gasteiger partial charge in [-0.2, -0.15) is 0 Å². The largest absolute Gasteiger partial charge is 0.347 e. The summed E-state index contributed by atoms with van der Waals surface area (Å²) in [6, 6.07) is 8.52. The second-order valence-electron chi connectivity index (χ2n) is 6.51. The molecule has 0 aliphatic carbocycles. The summed E-state index contributed by atoms with van der Waals surface area (Å²) < 4.78 is 11.4. The lowest BCUT2D eigenvalue weighted by atomic mass is 10.0. The smallest absolute Gasteiger partial charge is 0.236 e. The summed E-state index contributed by atoms with van der Waals surface area (Å²) in [4.78, 5) is 17.8. The van der Waals surface area contributed by atoms with Crippen LogP contribution in [0.2, 0.25) is 0 Å². The number of amides is 1. The fraction of sp³-hybridized carbons (Fsp3) is 0.611. The van der Waals surface area contributed by atoms with Crippen LogP contribution in [0.1, 0.15) is 18.4 Å². The molecule has 6 heteroatoms. The zero-order valence-corrected chi connectivity index (χ0v) is 15.3. The van der Waals surface area contributed by atoms with E-state index in [1.807, 2.05) is 11.9 Å². The van der Waals surface area contributed by atoms with Gasteiger partial charge in [-0.15, -0.1) is 11.8 Å². The van der Waals surface area contributed by atoms with Crippen LogP contribution < -0.4 is 0 Å². The number of ether oxygens (including phenoxy) is 2. The van der Waals surface area contributed by atoms with Crippen LogP contribution in [0.3, 0.4) is 0 Å². The molecule has 0 unspecified atom stereocenters. The molecule has 0 radical (unpaired) electrons. The standard InChI is InChI=1S/C18H26N2O3S/c1-19(13-15-3-5-16(24-2)6-4-15)14-17(21)20-9-7-18(8-10-20)22-11-12-23-18/h3-6H,7-14H2,1-2H3. The van der Waals surface area contributed by atoms with Gasteiger partial charge < -0.3 is 14.4 Å². The summed E-state index contributed by atoms with van der Waals surface area (Å²) in [6.07, 6.45) is 3.63. The second-order valence-corrected chi connectivity index (χ2v) is 7.39. The Balaban J connectivity index is 1.45. The van der Waals surface area contributed by atoms with Crippen molar-refractivity contribution in [3.05, 3.63) is 29.8 Å². The number of rotatable bonds is 5. The molecule has 3 rings (SSSR count). The van der Waals surface area contributed by atoms with Crippen LogP contribution in [-0.2, 0) is 20.8 Å². The first kappa shape index (κ1) is 17.7. The average molecular weight is 350 g/mol. The second kappa shape index (κ2) is 7.87. The lowest BCUT2D eigenvalue weighted by molar-refractivity contribution is -0.187. The zero-order chi connectivity index (χ0) is 17.0. The number of thioether (sulfide) groups is 1. The van der Waals surface area contributed by atoms with Crippen molar-refractivity contribution < 1.29 is 14.3 Å². The van der Waals surface area contributed by atoms with Crippen molar-refractivity contribution >= 4 is 17.7 Å². The molecular weight excluding hydrogens is 324 g/mol. The molecule has 0 N–H and O–H groups in total. The Morgan fingerprint density at radius 2 is 1.83 bits per heavy atom. The third kappa shape index (κ3) is 4.30. The van der Waals surface area contributed by atoms with Gasteiger partial charge >= 0.3 is 0 Å². The van der Waals surface area contributed by atoms with Gasteiger partial charge in [0.25, 0.3) is 0 Å². The topological polar surface area (TPSA) is 42.0 Å². The van der Waals surface area contributed by atoms with Crippen molar-refractivity contribution in [1.82, 2.24) is 9.80 Å². The summed E-state index contributed by atoms with van der Waals surface area (Å²) >= 11 is 1.74. The predicted molar refractivity (Wildman–Crippen MR) is 95.0 cm³/mol. The van der Waals surface area contributed by atoms with Gasteiger partial charge in [0, 0.05) is 37.4 Å². The zero-order valence-electron chi connectivity index (χ0n) is 14.5. The SMILES string of the molecule is CSc1ccc(CN(C)CC(=O)N2CCC3(CC2)OCCO3)cc1. The van der Waals surface area contributed by atoms with Crippen LogP contribution in [-0.4, -0.2) is 67.6 Å². The van der Waals surface area contributed by atoms with Crippen LogP contribution in [0.15, 0.2) is 29.2 Å². The number of carbonyl (C=O) groups is 1. The van der Waals surface area contributed by atoms with Crippen molar-refractivity contribution in [2.75, 3.05) is 46.2 Å². The normalized spacial score (nSPS) is 20.0. The summed E-state index contributed by atoms with van der Waals surface area (Å²) in [6.45, 7) is 4.01. The lowest BCUT2D eigenvalue weighted by Gasteiger charge is -2.38. The fourth-order valence-corrected chi connectivity index (χ4v) is 3.72. The number of nitrogens with zero attached hydrogens (tertiary/aromatic N) is 2. The number of hydrogen-bond donors (Lipinski definition) is 0. The minimum absolute atomic E-state index is 0.186. The van der Waals surface area contributed by atoms with Gasteiger partial charge in [0.2, 0.25) is 5.91 Å². The highest BCUT2D eigenvalue weighted by Gasteiger charge is 2.40. The van der Waals surface area contributed by atoms with Crippen molar-refractivity contribution in [2.45, 2.75) is 30.1 Å². The fourth-order valence-electron chi connectivity index (χ4n) is 3.31. The summed E-state index contributed by atoms with van der Waals surface area (Å²) in [5.41, 5.74) is 1.23. The van der Waals surface area contributed by atoms with Crippen LogP contribution in [0.4, 0.5) is 0 Å². The van der Waals surface area contributed by atoms with Gasteiger partial charge in [-0.1, -0.05) is 12.1 Å². The molecule has 2 aliphatic rings. The molecule has 2 fully saturated rings. The maximum absolute atomic E-state index is 12.5. The number of likely N-dealkylation sites (tertiary alicyclic amines) is 1. The van der Waals surface area contributed by atoms with Gasteiger partial charge in [-0.25, -0.2) is 0 Å². The third-order valence-corrected chi connectivity index (χ3v) is 5.45. The number of benzene rings is 1. The van der Waals surface area contributed by atoms with E-state index in [-0.39, 0.29) is 5.91 Å². The molecule has 2 aliphatic heterocycles. The van der Waals surface area contributed by atoms with Gasteiger partial charge in [-0.05, 0) is 31.0 Å². The van der Waals surface area contributed by atoms with Crippen molar-refractivity contribution in [2.24, 2.45) is 0 Å². The molecule has 0 bridgehead atoms. The van der Waals surface area contributed by atoms with Crippen LogP contribution in [0.5, 0.6) is 0 Å². The molecule has 0 saturated carbocycles. The van der Waals surface area contributed by atoms with Crippen LogP contribution >= 0.6 is 11.8 Å². The van der Waals surface area contributed by atoms with E-state index < -0.39 is 5.79 Å². The third-order valence-electron chi connectivity index (χ3n) is 4.71. The van der Waals surface area contributed by atoms with Gasteiger partial charge in [-0.3, -0.25) is 9.69 Å². The Bertz CT molecular complexity index is 548. The predicted octanol–water partition coefficient (Wildman–Crippen LogP) is 2.21. The maximum atomic E-state index is 12.5. The van der Waals surface area contributed by atoms with E-state index in [1.165, 1.54) is 10.5 Å². The molecule has 0 aromatic heterocycles. The highest BCUT2D eigenvalue weighted by molar-refractivity contribution is 7.98. The number of hydrogen-bond acceptors (Lipinski definition) is 5. The van der Waals surface area contributed by atoms with E-state index >= 15 is 0 Å². The summed E-state index contributed by atoms with van der Waals surface area (Å²) in [5, 5.41) is 0. The Kier molecular flexibility index (Phi) is 5.81. The molecule has 24 heavy (non-hydrogen) atoms. The molecule has 132 valence electrons. The van der Waals surface area contributed by atoms with E-state index in [9.17, 15) is 4.79 Å². The van der Waals surface area contributed by atoms with Crippen molar-refractivity contribution in [3.8, 4) is 0 Å². The van der Waals surface area contributed by atoms with E-state index in [0.29, 0.717) is 19.8 Å². The Morgan fingerprint density at radius 1 is 1.21 bits per heavy atom. The minimum Gasteiger partial charge on any atom is -0.347 e. The highest BCUT2D eigenvalue weighted by atomic mass is 32.2. The Labute approximate surface area is 148 Å². The quantitative estimate of drug-likeness (QED) is 0.762. The monoisotopic (exact) mass is 350 g/mol. The first-order chi connectivity index (χ1) is 11.6. The van der Waals surface area contributed by atoms with E-state index in [4.69, 9.17) is 9.47 Å². The molecule has 2 heterocycles. The van der Waals surface area contributed by atoms with E-state index in [1.54, 1.807) is 11.8 Å². The van der Waals surface area contributed by atoms with E-state index in [2.05, 4.69) is 35.4 Å². The summed E-state index contributed by atoms with van der Waals surface area (Å²) in [5.74, 6) is -0.229. The molecule has 1 spiro atoms. The van der Waals surface area contributed by atoms with Gasteiger partial charge in [0.05, 0.1) is 19.8 Å². The molecule has 5 nitrogen and oxygen atoms in total. The maximum Gasteiger partial charge on any atom is 0.236 e.